The van der Waals surface area contributed by atoms with Crippen molar-refractivity contribution in [3.63, 3.8) is 0 Å². The van der Waals surface area contributed by atoms with Crippen LogP contribution in [-0.4, -0.2) is 48.8 Å². The van der Waals surface area contributed by atoms with E-state index in [1.54, 1.807) is 18.4 Å². The zero-order chi connectivity index (χ0) is 19.1. The third-order valence-electron chi connectivity index (χ3n) is 4.41. The van der Waals surface area contributed by atoms with Crippen LogP contribution in [0.5, 0.6) is 0 Å². The number of nitrogens with one attached hydrogen (secondary N) is 2. The molecule has 28 heavy (non-hydrogen) atoms. The van der Waals surface area contributed by atoms with E-state index in [1.165, 1.54) is 4.88 Å². The molecule has 0 aliphatic carbocycles. The van der Waals surface area contributed by atoms with E-state index in [-0.39, 0.29) is 30.1 Å². The highest BCUT2D eigenvalue weighted by atomic mass is 127. The number of rotatable bonds is 6. The first kappa shape index (κ1) is 22.8. The highest BCUT2D eigenvalue weighted by Crippen LogP contribution is 2.15. The molecule has 1 aliphatic heterocycles. The Bertz CT molecular complexity index is 751. The Morgan fingerprint density at radius 3 is 2.75 bits per heavy atom. The summed E-state index contributed by atoms with van der Waals surface area (Å²) in [6.07, 6.45) is 5.14. The van der Waals surface area contributed by atoms with Gasteiger partial charge in [0.15, 0.2) is 5.96 Å². The van der Waals surface area contributed by atoms with Gasteiger partial charge in [0.2, 0.25) is 0 Å². The lowest BCUT2D eigenvalue weighted by atomic mass is 10.2. The summed E-state index contributed by atoms with van der Waals surface area (Å²) in [5.74, 6) is 1.77. The summed E-state index contributed by atoms with van der Waals surface area (Å²) >= 11 is 1.74. The fourth-order valence-corrected chi connectivity index (χ4v) is 3.70. The van der Waals surface area contributed by atoms with E-state index in [0.29, 0.717) is 13.1 Å². The Kier molecular flexibility index (Phi) is 9.39. The molecule has 7 nitrogen and oxygen atoms in total. The number of guanidine groups is 1. The van der Waals surface area contributed by atoms with Gasteiger partial charge in [0, 0.05) is 44.0 Å². The maximum atomic E-state index is 5.59. The van der Waals surface area contributed by atoms with E-state index in [4.69, 9.17) is 4.74 Å². The molecule has 0 bridgehead atoms. The molecule has 1 unspecified atom stereocenters. The second-order valence-electron chi connectivity index (χ2n) is 6.51. The lowest BCUT2D eigenvalue weighted by Gasteiger charge is -2.32. The standard InChI is InChI=1S/C19H28N6OS.HI/c1-4-16-11-22-18(27-16)12-24-19(20-3)23-10-15-5-6-17(21-9-15)25-7-8-26-14(2)13-25;/h5-6,9,11,14H,4,7-8,10,12-13H2,1-3H3,(H2,20,23,24);1H. The van der Waals surface area contributed by atoms with E-state index < -0.39 is 0 Å². The maximum absolute atomic E-state index is 5.59. The van der Waals surface area contributed by atoms with Crippen LogP contribution in [-0.2, 0) is 24.2 Å². The van der Waals surface area contributed by atoms with Crippen LogP contribution in [0.25, 0.3) is 0 Å². The van der Waals surface area contributed by atoms with Gasteiger partial charge in [0.25, 0.3) is 0 Å². The minimum atomic E-state index is 0. The zero-order valence-electron chi connectivity index (χ0n) is 16.6. The number of hydrogen-bond donors (Lipinski definition) is 2. The van der Waals surface area contributed by atoms with Gasteiger partial charge in [-0.05, 0) is 25.0 Å². The Morgan fingerprint density at radius 2 is 2.11 bits per heavy atom. The second-order valence-corrected chi connectivity index (χ2v) is 7.71. The molecule has 2 N–H and O–H groups in total. The number of aliphatic imine (C=N–C) groups is 1. The molecule has 1 fully saturated rings. The molecule has 0 radical (unpaired) electrons. The van der Waals surface area contributed by atoms with E-state index >= 15 is 0 Å². The van der Waals surface area contributed by atoms with Crippen molar-refractivity contribution in [3.8, 4) is 0 Å². The molecule has 0 amide bonds. The topological polar surface area (TPSA) is 74.7 Å². The molecule has 3 heterocycles. The highest BCUT2D eigenvalue weighted by molar-refractivity contribution is 14.0. The van der Waals surface area contributed by atoms with Gasteiger partial charge in [-0.15, -0.1) is 35.3 Å². The van der Waals surface area contributed by atoms with E-state index in [2.05, 4.69) is 56.5 Å². The van der Waals surface area contributed by atoms with Crippen molar-refractivity contribution in [2.75, 3.05) is 31.6 Å². The number of morpholine rings is 1. The average molecular weight is 516 g/mol. The zero-order valence-corrected chi connectivity index (χ0v) is 19.8. The van der Waals surface area contributed by atoms with Crippen molar-refractivity contribution < 1.29 is 4.74 Å². The number of nitrogens with zero attached hydrogens (tertiary/aromatic N) is 4. The smallest absolute Gasteiger partial charge is 0.191 e. The normalized spacial score (nSPS) is 17.2. The number of halogens is 1. The van der Waals surface area contributed by atoms with Crippen LogP contribution in [0.4, 0.5) is 5.82 Å². The van der Waals surface area contributed by atoms with Gasteiger partial charge in [0.1, 0.15) is 10.8 Å². The van der Waals surface area contributed by atoms with Crippen LogP contribution >= 0.6 is 35.3 Å². The van der Waals surface area contributed by atoms with Crippen LogP contribution in [0, 0.1) is 0 Å². The minimum Gasteiger partial charge on any atom is -0.375 e. The largest absolute Gasteiger partial charge is 0.375 e. The predicted octanol–water partition coefficient (Wildman–Crippen LogP) is 2.81. The van der Waals surface area contributed by atoms with Crippen molar-refractivity contribution in [1.82, 2.24) is 20.6 Å². The summed E-state index contributed by atoms with van der Waals surface area (Å²) in [5.41, 5.74) is 1.12. The molecular formula is C19H29IN6OS. The van der Waals surface area contributed by atoms with Crippen molar-refractivity contribution in [2.45, 2.75) is 39.5 Å². The van der Waals surface area contributed by atoms with Crippen molar-refractivity contribution in [3.05, 3.63) is 40.0 Å². The molecule has 154 valence electrons. The molecular weight excluding hydrogens is 487 g/mol. The fraction of sp³-hybridized carbons (Fsp3) is 0.526. The number of aromatic nitrogens is 2. The number of anilines is 1. The summed E-state index contributed by atoms with van der Waals surface area (Å²) in [7, 11) is 1.77. The van der Waals surface area contributed by atoms with E-state index in [0.717, 1.165) is 48.5 Å². The molecule has 3 rings (SSSR count). The predicted molar refractivity (Wildman–Crippen MR) is 126 cm³/mol. The molecule has 0 saturated carbocycles. The van der Waals surface area contributed by atoms with E-state index in [9.17, 15) is 0 Å². The third-order valence-corrected chi connectivity index (χ3v) is 5.56. The first-order valence-corrected chi connectivity index (χ1v) is 10.2. The minimum absolute atomic E-state index is 0. The monoisotopic (exact) mass is 516 g/mol. The summed E-state index contributed by atoms with van der Waals surface area (Å²) in [6.45, 7) is 8.12. The molecule has 2 aromatic rings. The quantitative estimate of drug-likeness (QED) is 0.350. The van der Waals surface area contributed by atoms with Crippen LogP contribution in [0.1, 0.15) is 29.3 Å². The fourth-order valence-electron chi connectivity index (χ4n) is 2.89. The van der Waals surface area contributed by atoms with Crippen LogP contribution < -0.4 is 15.5 Å². The summed E-state index contributed by atoms with van der Waals surface area (Å²) in [4.78, 5) is 16.9. The van der Waals surface area contributed by atoms with Gasteiger partial charge in [-0.3, -0.25) is 4.99 Å². The first-order chi connectivity index (χ1) is 13.2. The Balaban J connectivity index is 0.00000280. The van der Waals surface area contributed by atoms with E-state index in [1.807, 2.05) is 12.4 Å². The summed E-state index contributed by atoms with van der Waals surface area (Å²) in [5, 5.41) is 7.70. The van der Waals surface area contributed by atoms with Gasteiger partial charge in [-0.1, -0.05) is 13.0 Å². The average Bonchev–Trinajstić information content (AvgIpc) is 3.17. The number of aryl methyl sites for hydroxylation is 1. The Morgan fingerprint density at radius 1 is 1.29 bits per heavy atom. The Labute approximate surface area is 188 Å². The number of thiazole rings is 1. The number of pyridine rings is 1. The molecule has 0 aromatic carbocycles. The van der Waals surface area contributed by atoms with Crippen LogP contribution in [0.15, 0.2) is 29.5 Å². The third kappa shape index (κ3) is 6.56. The van der Waals surface area contributed by atoms with Crippen molar-refractivity contribution >= 4 is 47.1 Å². The number of ether oxygens (including phenoxy) is 1. The molecule has 2 aromatic heterocycles. The van der Waals surface area contributed by atoms with Crippen molar-refractivity contribution in [1.29, 1.82) is 0 Å². The molecule has 0 spiro atoms. The molecule has 1 atom stereocenters. The maximum Gasteiger partial charge on any atom is 0.191 e. The lowest BCUT2D eigenvalue weighted by molar-refractivity contribution is 0.0529. The highest BCUT2D eigenvalue weighted by Gasteiger charge is 2.17. The van der Waals surface area contributed by atoms with Crippen molar-refractivity contribution in [2.24, 2.45) is 4.99 Å². The van der Waals surface area contributed by atoms with Crippen LogP contribution in [0.3, 0.4) is 0 Å². The summed E-state index contributed by atoms with van der Waals surface area (Å²) < 4.78 is 5.59. The molecule has 1 aliphatic rings. The van der Waals surface area contributed by atoms with Gasteiger partial charge in [0.05, 0.1) is 19.3 Å². The molecule has 9 heteroatoms. The Hall–Kier alpha value is -1.46. The molecule has 1 saturated heterocycles. The second kappa shape index (κ2) is 11.5. The van der Waals surface area contributed by atoms with Gasteiger partial charge in [-0.2, -0.15) is 0 Å². The summed E-state index contributed by atoms with van der Waals surface area (Å²) in [6, 6.07) is 4.18. The number of hydrogen-bond acceptors (Lipinski definition) is 6. The lowest BCUT2D eigenvalue weighted by Crippen LogP contribution is -2.41. The van der Waals surface area contributed by atoms with Gasteiger partial charge < -0.3 is 20.3 Å². The SMILES string of the molecule is CCc1cnc(CNC(=NC)NCc2ccc(N3CCOC(C)C3)nc2)s1.I. The first-order valence-electron chi connectivity index (χ1n) is 9.37. The van der Waals surface area contributed by atoms with Gasteiger partial charge in [-0.25, -0.2) is 9.97 Å². The van der Waals surface area contributed by atoms with Gasteiger partial charge >= 0.3 is 0 Å². The van der Waals surface area contributed by atoms with Crippen LogP contribution in [0.2, 0.25) is 0 Å².